The number of rotatable bonds is 5. The molecule has 2 aromatic rings. The van der Waals surface area contributed by atoms with Crippen molar-refractivity contribution in [3.63, 3.8) is 0 Å². The summed E-state index contributed by atoms with van der Waals surface area (Å²) in [6.45, 7) is 3.11. The van der Waals surface area contributed by atoms with Gasteiger partial charge in [0.1, 0.15) is 0 Å². The Bertz CT molecular complexity index is 814. The maximum atomic E-state index is 12.5. The number of nitro benzene ring substituents is 1. The van der Waals surface area contributed by atoms with E-state index in [1.807, 2.05) is 0 Å². The van der Waals surface area contributed by atoms with Crippen LogP contribution in [0.5, 0.6) is 0 Å². The number of benzene rings is 1. The molecule has 0 amide bonds. The van der Waals surface area contributed by atoms with Gasteiger partial charge in [-0.3, -0.25) is 25.0 Å². The van der Waals surface area contributed by atoms with Crippen molar-refractivity contribution >= 4 is 11.9 Å². The summed E-state index contributed by atoms with van der Waals surface area (Å²) in [7, 11) is 0. The Kier molecular flexibility index (Phi) is 4.57. The normalized spacial score (nSPS) is 17.6. The van der Waals surface area contributed by atoms with E-state index in [1.165, 1.54) is 28.9 Å². The van der Waals surface area contributed by atoms with E-state index in [-0.39, 0.29) is 17.4 Å². The third-order valence-electron chi connectivity index (χ3n) is 3.99. The average Bonchev–Trinajstić information content (AvgIpc) is 3.18. The summed E-state index contributed by atoms with van der Waals surface area (Å²) in [6, 6.07) is 5.79. The molecule has 2 heterocycles. The number of nitrogens with zero attached hydrogens (tertiary/aromatic N) is 3. The summed E-state index contributed by atoms with van der Waals surface area (Å²) < 4.78 is 6.85. The summed E-state index contributed by atoms with van der Waals surface area (Å²) in [5.41, 5.74) is 1.44. The fourth-order valence-electron chi connectivity index (χ4n) is 2.67. The van der Waals surface area contributed by atoms with Gasteiger partial charge in [-0.15, -0.1) is 0 Å². The number of ether oxygens (including phenoxy) is 1. The number of aryl methyl sites for hydroxylation is 1. The molecule has 1 aliphatic rings. The average molecular weight is 330 g/mol. The molecule has 0 unspecified atom stereocenters. The molecule has 1 aromatic heterocycles. The van der Waals surface area contributed by atoms with Crippen molar-refractivity contribution in [1.82, 2.24) is 9.78 Å². The van der Waals surface area contributed by atoms with Crippen molar-refractivity contribution in [3.8, 4) is 5.69 Å². The van der Waals surface area contributed by atoms with Gasteiger partial charge in [-0.25, -0.2) is 4.68 Å². The Labute approximate surface area is 137 Å². The number of hydrogen-bond acceptors (Lipinski definition) is 5. The SMILES string of the molecule is Cc1[nH]n(-c2ccc([N+](=O)[O-])cc2)c(=O)c1C=NC[C@@H]1CCCO1. The van der Waals surface area contributed by atoms with E-state index < -0.39 is 4.92 Å². The molecule has 1 aliphatic heterocycles. The molecule has 0 spiro atoms. The van der Waals surface area contributed by atoms with Crippen LogP contribution >= 0.6 is 0 Å². The molecule has 0 radical (unpaired) electrons. The van der Waals surface area contributed by atoms with Gasteiger partial charge in [-0.1, -0.05) is 0 Å². The van der Waals surface area contributed by atoms with Gasteiger partial charge < -0.3 is 4.74 Å². The predicted molar refractivity (Wildman–Crippen MR) is 89.2 cm³/mol. The lowest BCUT2D eigenvalue weighted by Crippen LogP contribution is -2.17. The molecule has 0 saturated carbocycles. The van der Waals surface area contributed by atoms with Crippen LogP contribution in [0.4, 0.5) is 5.69 Å². The summed E-state index contributed by atoms with van der Waals surface area (Å²) in [4.78, 5) is 27.1. The molecule has 1 atom stereocenters. The maximum Gasteiger partial charge on any atom is 0.280 e. The number of aromatic nitrogens is 2. The molecular formula is C16H18N4O4. The first-order valence-electron chi connectivity index (χ1n) is 7.74. The quantitative estimate of drug-likeness (QED) is 0.514. The molecular weight excluding hydrogens is 312 g/mol. The zero-order chi connectivity index (χ0) is 17.1. The minimum Gasteiger partial charge on any atom is -0.376 e. The van der Waals surface area contributed by atoms with E-state index in [0.29, 0.717) is 23.5 Å². The highest BCUT2D eigenvalue weighted by atomic mass is 16.6. The Hall–Kier alpha value is -2.74. The lowest BCUT2D eigenvalue weighted by Gasteiger charge is -2.03. The second-order valence-corrected chi connectivity index (χ2v) is 5.69. The Morgan fingerprint density at radius 3 is 2.83 bits per heavy atom. The number of non-ortho nitro benzene ring substituents is 1. The van der Waals surface area contributed by atoms with Crippen LogP contribution in [0.3, 0.4) is 0 Å². The zero-order valence-electron chi connectivity index (χ0n) is 13.3. The smallest absolute Gasteiger partial charge is 0.280 e. The number of hydrogen-bond donors (Lipinski definition) is 1. The molecule has 0 bridgehead atoms. The Balaban J connectivity index is 1.81. The predicted octanol–water partition coefficient (Wildman–Crippen LogP) is 1.98. The van der Waals surface area contributed by atoms with Crippen LogP contribution in [0.25, 0.3) is 5.69 Å². The number of aliphatic imine (C=N–C) groups is 1. The van der Waals surface area contributed by atoms with Crippen molar-refractivity contribution in [1.29, 1.82) is 0 Å². The topological polar surface area (TPSA) is 103 Å². The van der Waals surface area contributed by atoms with E-state index in [2.05, 4.69) is 10.1 Å². The molecule has 1 N–H and O–H groups in total. The monoisotopic (exact) mass is 330 g/mol. The zero-order valence-corrected chi connectivity index (χ0v) is 13.3. The number of nitro groups is 1. The number of nitrogens with one attached hydrogen (secondary N) is 1. The van der Waals surface area contributed by atoms with Crippen molar-refractivity contribution in [2.24, 2.45) is 4.99 Å². The van der Waals surface area contributed by atoms with Crippen molar-refractivity contribution in [3.05, 3.63) is 56.0 Å². The molecule has 24 heavy (non-hydrogen) atoms. The van der Waals surface area contributed by atoms with Gasteiger partial charge in [0, 0.05) is 30.6 Å². The van der Waals surface area contributed by atoms with Gasteiger partial charge in [0.15, 0.2) is 0 Å². The minimum atomic E-state index is -0.476. The second-order valence-electron chi connectivity index (χ2n) is 5.69. The van der Waals surface area contributed by atoms with Crippen molar-refractivity contribution < 1.29 is 9.66 Å². The van der Waals surface area contributed by atoms with Crippen LogP contribution in [-0.2, 0) is 4.74 Å². The largest absolute Gasteiger partial charge is 0.376 e. The first kappa shape index (κ1) is 16.1. The summed E-state index contributed by atoms with van der Waals surface area (Å²) in [5, 5.41) is 13.7. The first-order valence-corrected chi connectivity index (χ1v) is 7.74. The minimum absolute atomic E-state index is 0.0200. The molecule has 0 aliphatic carbocycles. The molecule has 3 rings (SSSR count). The number of H-pyrrole nitrogens is 1. The van der Waals surface area contributed by atoms with Crippen LogP contribution in [0.15, 0.2) is 34.1 Å². The fourth-order valence-corrected chi connectivity index (χ4v) is 2.67. The highest BCUT2D eigenvalue weighted by Crippen LogP contribution is 2.14. The fraction of sp³-hybridized carbons (Fsp3) is 0.375. The van der Waals surface area contributed by atoms with E-state index in [0.717, 1.165) is 19.4 Å². The molecule has 126 valence electrons. The first-order chi connectivity index (χ1) is 11.6. The van der Waals surface area contributed by atoms with Gasteiger partial charge >= 0.3 is 0 Å². The summed E-state index contributed by atoms with van der Waals surface area (Å²) in [6.07, 6.45) is 3.75. The van der Waals surface area contributed by atoms with Crippen LogP contribution in [0.1, 0.15) is 24.1 Å². The lowest BCUT2D eigenvalue weighted by molar-refractivity contribution is -0.384. The standard InChI is InChI=1S/C16H18N4O4/c1-11-15(10-17-9-14-3-2-8-24-14)16(21)19(18-11)12-4-6-13(7-5-12)20(22)23/h4-7,10,14,18H,2-3,8-9H2,1H3/t14-/m0/s1. The third kappa shape index (κ3) is 3.28. The Morgan fingerprint density at radius 1 is 1.46 bits per heavy atom. The van der Waals surface area contributed by atoms with Crippen LogP contribution < -0.4 is 5.56 Å². The van der Waals surface area contributed by atoms with Crippen molar-refractivity contribution in [2.45, 2.75) is 25.9 Å². The summed E-state index contributed by atoms with van der Waals surface area (Å²) in [5.74, 6) is 0. The van der Waals surface area contributed by atoms with Gasteiger partial charge in [-0.2, -0.15) is 0 Å². The van der Waals surface area contributed by atoms with E-state index in [9.17, 15) is 14.9 Å². The summed E-state index contributed by atoms with van der Waals surface area (Å²) >= 11 is 0. The molecule has 8 nitrogen and oxygen atoms in total. The maximum absolute atomic E-state index is 12.5. The van der Waals surface area contributed by atoms with Crippen molar-refractivity contribution in [2.75, 3.05) is 13.2 Å². The van der Waals surface area contributed by atoms with Gasteiger partial charge in [0.25, 0.3) is 11.2 Å². The molecule has 1 saturated heterocycles. The van der Waals surface area contributed by atoms with Gasteiger partial charge in [-0.05, 0) is 31.9 Å². The number of aromatic amines is 1. The van der Waals surface area contributed by atoms with E-state index in [1.54, 1.807) is 13.1 Å². The lowest BCUT2D eigenvalue weighted by atomic mass is 10.2. The van der Waals surface area contributed by atoms with Crippen LogP contribution in [0, 0.1) is 17.0 Å². The van der Waals surface area contributed by atoms with E-state index >= 15 is 0 Å². The van der Waals surface area contributed by atoms with Gasteiger partial charge in [0.05, 0.1) is 28.8 Å². The molecule has 1 aromatic carbocycles. The second kappa shape index (κ2) is 6.79. The third-order valence-corrected chi connectivity index (χ3v) is 3.99. The van der Waals surface area contributed by atoms with E-state index in [4.69, 9.17) is 4.74 Å². The highest BCUT2D eigenvalue weighted by Gasteiger charge is 2.15. The van der Waals surface area contributed by atoms with Crippen LogP contribution in [0.2, 0.25) is 0 Å². The van der Waals surface area contributed by atoms with Crippen LogP contribution in [-0.4, -0.2) is 40.2 Å². The molecule has 1 fully saturated rings. The molecule has 8 heteroatoms. The Morgan fingerprint density at radius 2 is 2.21 bits per heavy atom. The highest BCUT2D eigenvalue weighted by molar-refractivity contribution is 5.80. The van der Waals surface area contributed by atoms with Gasteiger partial charge in [0.2, 0.25) is 0 Å².